The van der Waals surface area contributed by atoms with Gasteiger partial charge in [-0.1, -0.05) is 15.9 Å². The van der Waals surface area contributed by atoms with Crippen molar-refractivity contribution in [3.05, 3.63) is 46.6 Å². The van der Waals surface area contributed by atoms with Gasteiger partial charge >= 0.3 is 0 Å². The minimum absolute atomic E-state index is 0.140. The van der Waals surface area contributed by atoms with Gasteiger partial charge in [0, 0.05) is 4.47 Å². The zero-order valence-corrected chi connectivity index (χ0v) is 17.0. The Balaban J connectivity index is 2.42. The molecule has 2 aromatic rings. The monoisotopic (exact) mass is 576 g/mol. The zero-order chi connectivity index (χ0) is 14.2. The number of rotatable bonds is 2. The molecule has 2 rings (SSSR count). The van der Waals surface area contributed by atoms with Gasteiger partial charge in [0.05, 0.1) is 17.9 Å². The summed E-state index contributed by atoms with van der Waals surface area (Å²) < 4.78 is 9.50. The summed E-state index contributed by atoms with van der Waals surface area (Å²) in [4.78, 5) is 0. The van der Waals surface area contributed by atoms with Crippen molar-refractivity contribution in [1.82, 2.24) is 0 Å². The Bertz CT molecular complexity index is 596. The van der Waals surface area contributed by atoms with E-state index in [-0.39, 0.29) is 5.75 Å². The number of hydrogen-bond acceptors (Lipinski definition) is 2. The van der Waals surface area contributed by atoms with E-state index in [2.05, 4.69) is 79.6 Å². The molecule has 0 heterocycles. The number of halogens is 5. The molecule has 2 aromatic carbocycles. The standard InChI is InChI=1S/C12H5Br5O2/c13-5-1-9(16)12(10(17)2-5)19-6-3-7(14)11(18)8(15)4-6/h1-4,18H. The molecule has 0 unspecified atom stereocenters. The fourth-order valence-electron chi connectivity index (χ4n) is 1.35. The van der Waals surface area contributed by atoms with E-state index in [0.717, 1.165) is 13.4 Å². The molecule has 0 atom stereocenters. The highest BCUT2D eigenvalue weighted by Crippen LogP contribution is 2.42. The third-order valence-corrected chi connectivity index (χ3v) is 5.02. The van der Waals surface area contributed by atoms with Gasteiger partial charge in [-0.15, -0.1) is 0 Å². The van der Waals surface area contributed by atoms with Gasteiger partial charge in [0.25, 0.3) is 0 Å². The first kappa shape index (κ1) is 15.8. The third kappa shape index (κ3) is 3.75. The highest BCUT2D eigenvalue weighted by molar-refractivity contribution is 9.12. The average Bonchev–Trinajstić information content (AvgIpc) is 2.30. The molecule has 0 aromatic heterocycles. The molecule has 0 aliphatic heterocycles. The quantitative estimate of drug-likeness (QED) is 0.415. The molecule has 0 aliphatic carbocycles. The van der Waals surface area contributed by atoms with Gasteiger partial charge in [0.15, 0.2) is 5.75 Å². The summed E-state index contributed by atoms with van der Waals surface area (Å²) in [5.41, 5.74) is 0. The van der Waals surface area contributed by atoms with Crippen molar-refractivity contribution in [3.63, 3.8) is 0 Å². The molecule has 100 valence electrons. The minimum Gasteiger partial charge on any atom is -0.506 e. The second-order valence-electron chi connectivity index (χ2n) is 3.54. The number of hydrogen-bond donors (Lipinski definition) is 1. The number of benzene rings is 2. The molecule has 7 heteroatoms. The number of phenols is 1. The van der Waals surface area contributed by atoms with Gasteiger partial charge in [-0.3, -0.25) is 0 Å². The van der Waals surface area contributed by atoms with Crippen molar-refractivity contribution in [2.75, 3.05) is 0 Å². The van der Waals surface area contributed by atoms with Gasteiger partial charge in [-0.2, -0.15) is 0 Å². The van der Waals surface area contributed by atoms with E-state index < -0.39 is 0 Å². The molecule has 19 heavy (non-hydrogen) atoms. The highest BCUT2D eigenvalue weighted by Gasteiger charge is 2.12. The molecule has 0 aliphatic rings. The van der Waals surface area contributed by atoms with E-state index in [1.54, 1.807) is 12.1 Å². The topological polar surface area (TPSA) is 29.5 Å². The van der Waals surface area contributed by atoms with E-state index in [4.69, 9.17) is 4.74 Å². The van der Waals surface area contributed by atoms with E-state index in [1.807, 2.05) is 12.1 Å². The summed E-state index contributed by atoms with van der Waals surface area (Å²) in [6.07, 6.45) is 0. The molecule has 0 saturated heterocycles. The lowest BCUT2D eigenvalue weighted by molar-refractivity contribution is 0.456. The fourth-order valence-corrected chi connectivity index (χ4v) is 4.91. The Morgan fingerprint density at radius 1 is 0.737 bits per heavy atom. The molecule has 1 N–H and O–H groups in total. The lowest BCUT2D eigenvalue weighted by Gasteiger charge is -2.12. The second kappa shape index (κ2) is 6.47. The lowest BCUT2D eigenvalue weighted by atomic mass is 10.3. The Labute approximate surface area is 152 Å². The van der Waals surface area contributed by atoms with Crippen molar-refractivity contribution >= 4 is 79.6 Å². The van der Waals surface area contributed by atoms with Crippen molar-refractivity contribution < 1.29 is 9.84 Å². The van der Waals surface area contributed by atoms with Crippen LogP contribution in [0.25, 0.3) is 0 Å². The van der Waals surface area contributed by atoms with E-state index in [1.165, 1.54) is 0 Å². The van der Waals surface area contributed by atoms with Gasteiger partial charge in [0.1, 0.15) is 11.5 Å². The van der Waals surface area contributed by atoms with Gasteiger partial charge < -0.3 is 9.84 Å². The summed E-state index contributed by atoms with van der Waals surface area (Å²) in [5.74, 6) is 1.40. The van der Waals surface area contributed by atoms with Crippen LogP contribution in [0.4, 0.5) is 0 Å². The maximum Gasteiger partial charge on any atom is 0.155 e. The van der Waals surface area contributed by atoms with E-state index in [0.29, 0.717) is 20.4 Å². The minimum atomic E-state index is 0.140. The molecule has 0 saturated carbocycles. The summed E-state index contributed by atoms with van der Waals surface area (Å²) >= 11 is 16.8. The highest BCUT2D eigenvalue weighted by atomic mass is 79.9. The SMILES string of the molecule is Oc1c(Br)cc(Oc2c(Br)cc(Br)cc2Br)cc1Br. The molecule has 0 bridgehead atoms. The zero-order valence-electron chi connectivity index (χ0n) is 9.05. The maximum absolute atomic E-state index is 9.67. The normalized spacial score (nSPS) is 10.6. The van der Waals surface area contributed by atoms with Crippen LogP contribution in [-0.4, -0.2) is 5.11 Å². The maximum atomic E-state index is 9.67. The van der Waals surface area contributed by atoms with Crippen LogP contribution in [0.1, 0.15) is 0 Å². The van der Waals surface area contributed by atoms with Gasteiger partial charge in [-0.25, -0.2) is 0 Å². The van der Waals surface area contributed by atoms with Crippen LogP contribution in [0.15, 0.2) is 46.6 Å². The smallest absolute Gasteiger partial charge is 0.155 e. The average molecular weight is 581 g/mol. The first-order valence-electron chi connectivity index (χ1n) is 4.89. The van der Waals surface area contributed by atoms with Crippen LogP contribution >= 0.6 is 79.6 Å². The van der Waals surface area contributed by atoms with Crippen LogP contribution < -0.4 is 4.74 Å². The Hall–Kier alpha value is 0.440. The van der Waals surface area contributed by atoms with Crippen LogP contribution in [0, 0.1) is 0 Å². The Morgan fingerprint density at radius 2 is 1.21 bits per heavy atom. The molecule has 0 radical (unpaired) electrons. The van der Waals surface area contributed by atoms with Gasteiger partial charge in [-0.05, 0) is 88.0 Å². The number of aromatic hydroxyl groups is 1. The van der Waals surface area contributed by atoms with Crippen LogP contribution in [-0.2, 0) is 0 Å². The molecule has 2 nitrogen and oxygen atoms in total. The first-order valence-corrected chi connectivity index (χ1v) is 8.85. The van der Waals surface area contributed by atoms with Crippen LogP contribution in [0.5, 0.6) is 17.2 Å². The van der Waals surface area contributed by atoms with Crippen molar-refractivity contribution in [3.8, 4) is 17.2 Å². The van der Waals surface area contributed by atoms with Crippen molar-refractivity contribution in [2.24, 2.45) is 0 Å². The van der Waals surface area contributed by atoms with Crippen molar-refractivity contribution in [1.29, 1.82) is 0 Å². The van der Waals surface area contributed by atoms with Crippen LogP contribution in [0.3, 0.4) is 0 Å². The number of phenolic OH excluding ortho intramolecular Hbond substituents is 1. The van der Waals surface area contributed by atoms with Crippen LogP contribution in [0.2, 0.25) is 0 Å². The largest absolute Gasteiger partial charge is 0.506 e. The predicted molar refractivity (Wildman–Crippen MR) is 93.1 cm³/mol. The second-order valence-corrected chi connectivity index (χ2v) is 7.87. The van der Waals surface area contributed by atoms with Crippen molar-refractivity contribution in [2.45, 2.75) is 0 Å². The molecular weight excluding hydrogens is 576 g/mol. The van der Waals surface area contributed by atoms with Gasteiger partial charge in [0.2, 0.25) is 0 Å². The lowest BCUT2D eigenvalue weighted by Crippen LogP contribution is -1.88. The van der Waals surface area contributed by atoms with E-state index in [9.17, 15) is 5.11 Å². The Morgan fingerprint density at radius 3 is 1.68 bits per heavy atom. The molecule has 0 spiro atoms. The fraction of sp³-hybridized carbons (Fsp3) is 0. The Kier molecular flexibility index (Phi) is 5.39. The summed E-state index contributed by atoms with van der Waals surface area (Å²) in [6.45, 7) is 0. The third-order valence-electron chi connectivity index (χ3n) is 2.17. The number of ether oxygens (including phenoxy) is 1. The molecule has 0 amide bonds. The molecular formula is C12H5Br5O2. The summed E-state index contributed by atoms with van der Waals surface area (Å²) in [5, 5.41) is 9.67. The summed E-state index contributed by atoms with van der Waals surface area (Å²) in [7, 11) is 0. The van der Waals surface area contributed by atoms with E-state index >= 15 is 0 Å². The first-order chi connectivity index (χ1) is 8.88. The predicted octanol–water partition coefficient (Wildman–Crippen LogP) is 7.00. The molecule has 0 fully saturated rings. The summed E-state index contributed by atoms with van der Waals surface area (Å²) in [6, 6.07) is 7.18.